The Morgan fingerprint density at radius 2 is 1.80 bits per heavy atom. The number of amides is 2. The molecule has 1 aliphatic carbocycles. The zero-order valence-corrected chi connectivity index (χ0v) is 15.7. The maximum Gasteiger partial charge on any atom is 0.225 e. The molecule has 138 valence electrons. The van der Waals surface area contributed by atoms with Crippen LogP contribution in [0.15, 0.2) is 24.3 Å². The molecule has 0 spiro atoms. The van der Waals surface area contributed by atoms with E-state index in [0.717, 1.165) is 11.4 Å². The molecule has 25 heavy (non-hydrogen) atoms. The van der Waals surface area contributed by atoms with Gasteiger partial charge in [0.2, 0.25) is 11.8 Å². The molecule has 0 saturated heterocycles. The summed E-state index contributed by atoms with van der Waals surface area (Å²) in [6.45, 7) is 6.15. The molecule has 1 aliphatic rings. The molecule has 3 N–H and O–H groups in total. The Labute approximate surface area is 151 Å². The predicted octanol–water partition coefficient (Wildman–Crippen LogP) is 3.92. The molecule has 0 bridgehead atoms. The van der Waals surface area contributed by atoms with Gasteiger partial charge in [-0.2, -0.15) is 0 Å². The smallest absolute Gasteiger partial charge is 0.225 e. The highest BCUT2D eigenvalue weighted by molar-refractivity contribution is 5.91. The van der Waals surface area contributed by atoms with Gasteiger partial charge < -0.3 is 16.0 Å². The van der Waals surface area contributed by atoms with Crippen molar-refractivity contribution in [2.75, 3.05) is 17.2 Å². The van der Waals surface area contributed by atoms with Crippen molar-refractivity contribution < 1.29 is 9.59 Å². The van der Waals surface area contributed by atoms with Gasteiger partial charge in [-0.3, -0.25) is 9.59 Å². The standard InChI is InChI=1S/C20H31N3O2/c1-20(2,3)19(25)21-13-7-12-18(24)23-17-11-6-10-16(14-17)22-15-8-4-5-9-15/h6,10-11,14-15,22H,4-5,7-9,12-13H2,1-3H3,(H,21,25)(H,23,24). The molecule has 1 saturated carbocycles. The maximum absolute atomic E-state index is 12.1. The van der Waals surface area contributed by atoms with Crippen molar-refractivity contribution in [1.82, 2.24) is 5.32 Å². The average Bonchev–Trinajstić information content (AvgIpc) is 3.03. The molecule has 5 nitrogen and oxygen atoms in total. The lowest BCUT2D eigenvalue weighted by Gasteiger charge is -2.17. The summed E-state index contributed by atoms with van der Waals surface area (Å²) < 4.78 is 0. The van der Waals surface area contributed by atoms with Crippen LogP contribution in [0.3, 0.4) is 0 Å². The summed E-state index contributed by atoms with van der Waals surface area (Å²) in [5.41, 5.74) is 1.48. The highest BCUT2D eigenvalue weighted by Crippen LogP contribution is 2.23. The molecule has 0 radical (unpaired) electrons. The lowest BCUT2D eigenvalue weighted by molar-refractivity contribution is -0.128. The van der Waals surface area contributed by atoms with E-state index in [2.05, 4.69) is 16.0 Å². The molecule has 5 heteroatoms. The minimum atomic E-state index is -0.394. The van der Waals surface area contributed by atoms with Crippen LogP contribution in [0.1, 0.15) is 59.3 Å². The normalized spacial score (nSPS) is 15.0. The third-order valence-electron chi connectivity index (χ3n) is 4.42. The van der Waals surface area contributed by atoms with E-state index < -0.39 is 5.41 Å². The molecule has 2 rings (SSSR count). The zero-order chi connectivity index (χ0) is 18.3. The van der Waals surface area contributed by atoms with Crippen LogP contribution < -0.4 is 16.0 Å². The Morgan fingerprint density at radius 3 is 2.48 bits per heavy atom. The number of hydrogen-bond acceptors (Lipinski definition) is 3. The van der Waals surface area contributed by atoms with E-state index in [9.17, 15) is 9.59 Å². The van der Waals surface area contributed by atoms with E-state index in [1.54, 1.807) is 0 Å². The summed E-state index contributed by atoms with van der Waals surface area (Å²) >= 11 is 0. The zero-order valence-electron chi connectivity index (χ0n) is 15.7. The first-order valence-corrected chi connectivity index (χ1v) is 9.29. The number of carbonyl (C=O) groups is 2. The number of anilines is 2. The van der Waals surface area contributed by atoms with Gasteiger partial charge in [-0.1, -0.05) is 39.7 Å². The Kier molecular flexibility index (Phi) is 6.85. The minimum Gasteiger partial charge on any atom is -0.382 e. The lowest BCUT2D eigenvalue weighted by Crippen LogP contribution is -2.35. The molecule has 0 aromatic heterocycles. The van der Waals surface area contributed by atoms with E-state index in [-0.39, 0.29) is 11.8 Å². The summed E-state index contributed by atoms with van der Waals surface area (Å²) in [5, 5.41) is 9.33. The fourth-order valence-electron chi connectivity index (χ4n) is 2.93. The fourth-order valence-corrected chi connectivity index (χ4v) is 2.93. The minimum absolute atomic E-state index is 0.0126. The molecule has 1 aromatic rings. The van der Waals surface area contributed by atoms with Crippen molar-refractivity contribution in [3.05, 3.63) is 24.3 Å². The Hall–Kier alpha value is -2.04. The molecule has 0 heterocycles. The van der Waals surface area contributed by atoms with Gasteiger partial charge in [0.05, 0.1) is 0 Å². The first kappa shape index (κ1) is 19.3. The second-order valence-electron chi connectivity index (χ2n) is 7.86. The van der Waals surface area contributed by atoms with E-state index >= 15 is 0 Å². The van der Waals surface area contributed by atoms with Crippen LogP contribution in [0.2, 0.25) is 0 Å². The summed E-state index contributed by atoms with van der Waals surface area (Å²) in [5.74, 6) is -0.0124. The molecule has 0 atom stereocenters. The maximum atomic E-state index is 12.1. The molecule has 1 aromatic carbocycles. The number of nitrogens with one attached hydrogen (secondary N) is 3. The summed E-state index contributed by atoms with van der Waals surface area (Å²) in [7, 11) is 0. The van der Waals surface area contributed by atoms with Crippen LogP contribution >= 0.6 is 0 Å². The van der Waals surface area contributed by atoms with Crippen molar-refractivity contribution in [3.63, 3.8) is 0 Å². The Morgan fingerprint density at radius 1 is 1.12 bits per heavy atom. The molecule has 2 amide bonds. The van der Waals surface area contributed by atoms with E-state index in [0.29, 0.717) is 25.4 Å². The summed E-state index contributed by atoms with van der Waals surface area (Å²) in [6.07, 6.45) is 6.05. The third-order valence-corrected chi connectivity index (χ3v) is 4.42. The fraction of sp³-hybridized carbons (Fsp3) is 0.600. The molecular formula is C20H31N3O2. The van der Waals surface area contributed by atoms with Crippen LogP contribution in [0, 0.1) is 5.41 Å². The van der Waals surface area contributed by atoms with E-state index in [4.69, 9.17) is 0 Å². The summed E-state index contributed by atoms with van der Waals surface area (Å²) in [6, 6.07) is 8.43. The van der Waals surface area contributed by atoms with Crippen molar-refractivity contribution in [3.8, 4) is 0 Å². The number of benzene rings is 1. The first-order valence-electron chi connectivity index (χ1n) is 9.29. The Bertz CT molecular complexity index is 587. The van der Waals surface area contributed by atoms with Crippen molar-refractivity contribution in [1.29, 1.82) is 0 Å². The quantitative estimate of drug-likeness (QED) is 0.656. The highest BCUT2D eigenvalue weighted by Gasteiger charge is 2.20. The van der Waals surface area contributed by atoms with Crippen LogP contribution in [0.5, 0.6) is 0 Å². The van der Waals surface area contributed by atoms with Crippen LogP contribution in [-0.4, -0.2) is 24.4 Å². The number of rotatable bonds is 7. The van der Waals surface area contributed by atoms with Gasteiger partial charge in [0.1, 0.15) is 0 Å². The van der Waals surface area contributed by atoms with E-state index in [1.165, 1.54) is 25.7 Å². The van der Waals surface area contributed by atoms with Crippen molar-refractivity contribution in [2.45, 2.75) is 65.3 Å². The molecule has 1 fully saturated rings. The second kappa shape index (κ2) is 8.88. The molecule has 0 aliphatic heterocycles. The largest absolute Gasteiger partial charge is 0.382 e. The topological polar surface area (TPSA) is 70.2 Å². The van der Waals surface area contributed by atoms with Gasteiger partial charge in [0.15, 0.2) is 0 Å². The summed E-state index contributed by atoms with van der Waals surface area (Å²) in [4.78, 5) is 23.8. The van der Waals surface area contributed by atoms with Gasteiger partial charge >= 0.3 is 0 Å². The first-order chi connectivity index (χ1) is 11.8. The van der Waals surface area contributed by atoms with Crippen LogP contribution in [-0.2, 0) is 9.59 Å². The van der Waals surface area contributed by atoms with Gasteiger partial charge in [-0.05, 0) is 37.5 Å². The second-order valence-corrected chi connectivity index (χ2v) is 7.86. The Balaban J connectivity index is 1.72. The van der Waals surface area contributed by atoms with Gasteiger partial charge in [-0.25, -0.2) is 0 Å². The van der Waals surface area contributed by atoms with Gasteiger partial charge in [0.25, 0.3) is 0 Å². The molecular weight excluding hydrogens is 314 g/mol. The monoisotopic (exact) mass is 345 g/mol. The van der Waals surface area contributed by atoms with E-state index in [1.807, 2.05) is 45.0 Å². The van der Waals surface area contributed by atoms with Gasteiger partial charge in [-0.15, -0.1) is 0 Å². The SMILES string of the molecule is CC(C)(C)C(=O)NCCCC(=O)Nc1cccc(NC2CCCC2)c1. The number of carbonyl (C=O) groups excluding carboxylic acids is 2. The van der Waals surface area contributed by atoms with Crippen molar-refractivity contribution >= 4 is 23.2 Å². The van der Waals surface area contributed by atoms with Crippen molar-refractivity contribution in [2.24, 2.45) is 5.41 Å². The highest BCUT2D eigenvalue weighted by atomic mass is 16.2. The van der Waals surface area contributed by atoms with Gasteiger partial charge in [0, 0.05) is 35.8 Å². The molecule has 0 unspecified atom stereocenters. The predicted molar refractivity (Wildman–Crippen MR) is 103 cm³/mol. The lowest BCUT2D eigenvalue weighted by atomic mass is 9.96. The van der Waals surface area contributed by atoms with Crippen LogP contribution in [0.25, 0.3) is 0 Å². The third kappa shape index (κ3) is 6.77. The number of hydrogen-bond donors (Lipinski definition) is 3. The average molecular weight is 345 g/mol. The van der Waals surface area contributed by atoms with Crippen LogP contribution in [0.4, 0.5) is 11.4 Å².